The van der Waals surface area contributed by atoms with Crippen molar-refractivity contribution < 1.29 is 14.6 Å². The van der Waals surface area contributed by atoms with Crippen LogP contribution in [0.15, 0.2) is 18.2 Å². The first kappa shape index (κ1) is 14.2. The van der Waals surface area contributed by atoms with Gasteiger partial charge >= 0.3 is 0 Å². The molecule has 20 heavy (non-hydrogen) atoms. The van der Waals surface area contributed by atoms with Crippen molar-refractivity contribution in [1.29, 1.82) is 0 Å². The van der Waals surface area contributed by atoms with Crippen molar-refractivity contribution in [2.75, 3.05) is 6.61 Å². The van der Waals surface area contributed by atoms with E-state index in [9.17, 15) is 5.11 Å². The van der Waals surface area contributed by atoms with Crippen LogP contribution < -0.4 is 4.74 Å². The minimum atomic E-state index is -0.547. The Labute approximate surface area is 124 Å². The molecule has 3 rings (SSSR count). The van der Waals surface area contributed by atoms with Crippen molar-refractivity contribution in [1.82, 2.24) is 0 Å². The molecule has 0 bridgehead atoms. The van der Waals surface area contributed by atoms with Gasteiger partial charge in [0.2, 0.25) is 5.79 Å². The lowest BCUT2D eigenvalue weighted by Crippen LogP contribution is -2.43. The van der Waals surface area contributed by atoms with Crippen molar-refractivity contribution in [3.05, 3.63) is 28.8 Å². The maximum Gasteiger partial charge on any atom is 0.210 e. The van der Waals surface area contributed by atoms with Crippen LogP contribution in [0, 0.1) is 0 Å². The maximum atomic E-state index is 9.25. The molecule has 0 radical (unpaired) electrons. The first-order valence-corrected chi connectivity index (χ1v) is 7.85. The highest BCUT2D eigenvalue weighted by molar-refractivity contribution is 6.32. The Morgan fingerprint density at radius 3 is 2.80 bits per heavy atom. The molecule has 0 amide bonds. The van der Waals surface area contributed by atoms with Crippen LogP contribution >= 0.6 is 11.6 Å². The van der Waals surface area contributed by atoms with Gasteiger partial charge in [0.05, 0.1) is 11.1 Å². The summed E-state index contributed by atoms with van der Waals surface area (Å²) < 4.78 is 12.5. The van der Waals surface area contributed by atoms with Gasteiger partial charge in [-0.15, -0.1) is 0 Å². The summed E-state index contributed by atoms with van der Waals surface area (Å²) in [6.07, 6.45) is 6.65. The highest BCUT2D eigenvalue weighted by Gasteiger charge is 2.40. The van der Waals surface area contributed by atoms with Gasteiger partial charge in [-0.3, -0.25) is 0 Å². The molecule has 1 fully saturated rings. The second kappa shape index (κ2) is 5.92. The van der Waals surface area contributed by atoms with E-state index in [0.717, 1.165) is 43.4 Å². The van der Waals surface area contributed by atoms with E-state index in [4.69, 9.17) is 21.1 Å². The van der Waals surface area contributed by atoms with Crippen molar-refractivity contribution in [3.8, 4) is 5.75 Å². The Hall–Kier alpha value is -0.770. The summed E-state index contributed by atoms with van der Waals surface area (Å²) >= 11 is 6.31. The number of para-hydroxylation sites is 1. The summed E-state index contributed by atoms with van der Waals surface area (Å²) in [6, 6.07) is 5.85. The topological polar surface area (TPSA) is 38.7 Å². The number of halogens is 1. The van der Waals surface area contributed by atoms with Crippen LogP contribution in [0.2, 0.25) is 5.02 Å². The molecule has 1 atom stereocenters. The molecule has 1 heterocycles. The lowest BCUT2D eigenvalue weighted by molar-refractivity contribution is -0.223. The highest BCUT2D eigenvalue weighted by Crippen LogP contribution is 2.42. The van der Waals surface area contributed by atoms with E-state index >= 15 is 0 Å². The summed E-state index contributed by atoms with van der Waals surface area (Å²) in [7, 11) is 0. The van der Waals surface area contributed by atoms with Crippen LogP contribution in [0.1, 0.15) is 44.1 Å². The van der Waals surface area contributed by atoms with Crippen molar-refractivity contribution in [3.63, 3.8) is 0 Å². The highest BCUT2D eigenvalue weighted by atomic mass is 35.5. The maximum absolute atomic E-state index is 9.25. The van der Waals surface area contributed by atoms with Crippen LogP contribution in [0.5, 0.6) is 5.75 Å². The number of fused-ring (bicyclic) bond motifs is 1. The molecule has 1 unspecified atom stereocenters. The zero-order valence-corrected chi connectivity index (χ0v) is 12.4. The Balaban J connectivity index is 1.95. The number of benzene rings is 1. The molecule has 1 aliphatic carbocycles. The molecule has 0 aromatic heterocycles. The summed E-state index contributed by atoms with van der Waals surface area (Å²) in [5, 5.41) is 9.91. The van der Waals surface area contributed by atoms with E-state index in [-0.39, 0.29) is 12.7 Å². The Morgan fingerprint density at radius 2 is 2.05 bits per heavy atom. The zero-order valence-electron chi connectivity index (χ0n) is 11.6. The average molecular weight is 297 g/mol. The van der Waals surface area contributed by atoms with Gasteiger partial charge in [-0.2, -0.15) is 0 Å². The smallest absolute Gasteiger partial charge is 0.210 e. The van der Waals surface area contributed by atoms with Crippen molar-refractivity contribution >= 4 is 11.6 Å². The summed E-state index contributed by atoms with van der Waals surface area (Å²) in [5.41, 5.74) is 1.08. The molecular formula is C16H21ClO3. The lowest BCUT2D eigenvalue weighted by atomic mass is 9.93. The van der Waals surface area contributed by atoms with Gasteiger partial charge in [0.15, 0.2) is 0 Å². The average Bonchev–Trinajstić information content (AvgIpc) is 2.58. The minimum absolute atomic E-state index is 0.00202. The second-order valence-electron chi connectivity index (χ2n) is 5.76. The molecule has 1 aromatic carbocycles. The quantitative estimate of drug-likeness (QED) is 0.904. The molecule has 4 heteroatoms. The van der Waals surface area contributed by atoms with Gasteiger partial charge in [0, 0.05) is 25.9 Å². The molecule has 3 nitrogen and oxygen atoms in total. The fourth-order valence-electron chi connectivity index (χ4n) is 3.24. The third-order valence-electron chi connectivity index (χ3n) is 4.23. The second-order valence-corrected chi connectivity index (χ2v) is 6.16. The lowest BCUT2D eigenvalue weighted by Gasteiger charge is -2.38. The third-order valence-corrected chi connectivity index (χ3v) is 4.53. The van der Waals surface area contributed by atoms with Crippen molar-refractivity contribution in [2.45, 2.75) is 56.8 Å². The van der Waals surface area contributed by atoms with E-state index in [2.05, 4.69) is 0 Å². The summed E-state index contributed by atoms with van der Waals surface area (Å²) in [5.74, 6) is 0.227. The Kier molecular flexibility index (Phi) is 4.20. The molecule has 110 valence electrons. The normalized spacial score (nSPS) is 24.8. The van der Waals surface area contributed by atoms with Crippen LogP contribution in [0.3, 0.4) is 0 Å². The number of ether oxygens (including phenoxy) is 2. The minimum Gasteiger partial charge on any atom is -0.461 e. The number of hydrogen-bond acceptors (Lipinski definition) is 3. The van der Waals surface area contributed by atoms with Gasteiger partial charge in [-0.05, 0) is 30.9 Å². The van der Waals surface area contributed by atoms with Gasteiger partial charge in [0.25, 0.3) is 0 Å². The van der Waals surface area contributed by atoms with Gasteiger partial charge in [-0.1, -0.05) is 30.2 Å². The molecule has 1 N–H and O–H groups in total. The van der Waals surface area contributed by atoms with E-state index in [1.165, 1.54) is 6.42 Å². The predicted octanol–water partition coefficient (Wildman–Crippen LogP) is 3.70. The van der Waals surface area contributed by atoms with Crippen LogP contribution in [0.4, 0.5) is 0 Å². The third kappa shape index (κ3) is 2.80. The van der Waals surface area contributed by atoms with Gasteiger partial charge < -0.3 is 14.6 Å². The Morgan fingerprint density at radius 1 is 1.25 bits per heavy atom. The predicted molar refractivity (Wildman–Crippen MR) is 78.2 cm³/mol. The Bertz CT molecular complexity index is 469. The standard InChI is InChI=1S/C16H21ClO3/c17-14-6-4-5-12-11-13(7-10-18)19-16(20-15(12)14)8-2-1-3-9-16/h4-6,13,18H,1-3,7-11H2. The van der Waals surface area contributed by atoms with Crippen LogP contribution in [0.25, 0.3) is 0 Å². The summed E-state index contributed by atoms with van der Waals surface area (Å²) in [6.45, 7) is 0.136. The van der Waals surface area contributed by atoms with Gasteiger partial charge in [0.1, 0.15) is 5.75 Å². The summed E-state index contributed by atoms with van der Waals surface area (Å²) in [4.78, 5) is 0. The first-order chi connectivity index (χ1) is 9.72. The van der Waals surface area contributed by atoms with Crippen LogP contribution in [-0.2, 0) is 11.2 Å². The van der Waals surface area contributed by atoms with Crippen LogP contribution in [-0.4, -0.2) is 23.6 Å². The molecule has 0 saturated heterocycles. The molecule has 1 saturated carbocycles. The van der Waals surface area contributed by atoms with E-state index in [1.807, 2.05) is 18.2 Å². The van der Waals surface area contributed by atoms with Crippen molar-refractivity contribution in [2.24, 2.45) is 0 Å². The number of aliphatic hydroxyl groups excluding tert-OH is 1. The number of hydrogen-bond donors (Lipinski definition) is 1. The fourth-order valence-corrected chi connectivity index (χ4v) is 3.48. The monoisotopic (exact) mass is 296 g/mol. The zero-order chi connectivity index (χ0) is 14.0. The molecule has 1 aromatic rings. The molecule has 1 spiro atoms. The molecule has 2 aliphatic rings. The number of rotatable bonds is 2. The number of aliphatic hydroxyl groups is 1. The first-order valence-electron chi connectivity index (χ1n) is 7.47. The largest absolute Gasteiger partial charge is 0.461 e. The van der Waals surface area contributed by atoms with Gasteiger partial charge in [-0.25, -0.2) is 0 Å². The molecular weight excluding hydrogens is 276 g/mol. The fraction of sp³-hybridized carbons (Fsp3) is 0.625. The van der Waals surface area contributed by atoms with E-state index in [0.29, 0.717) is 11.4 Å². The molecule has 1 aliphatic heterocycles. The van der Waals surface area contributed by atoms with E-state index in [1.54, 1.807) is 0 Å². The SMILES string of the molecule is OCCC1Cc2cccc(Cl)c2OC2(CCCCC2)O1. The van der Waals surface area contributed by atoms with E-state index < -0.39 is 5.79 Å².